The van der Waals surface area contributed by atoms with Crippen molar-refractivity contribution < 1.29 is 4.79 Å². The van der Waals surface area contributed by atoms with Crippen molar-refractivity contribution in [2.24, 2.45) is 5.92 Å². The van der Waals surface area contributed by atoms with E-state index in [0.717, 1.165) is 29.5 Å². The molecule has 2 N–H and O–H groups in total. The molecule has 1 aromatic heterocycles. The predicted octanol–water partition coefficient (Wildman–Crippen LogP) is 1.70. The molecule has 0 bridgehead atoms. The minimum atomic E-state index is 0.0548. The predicted molar refractivity (Wildman–Crippen MR) is 66.3 cm³/mol. The van der Waals surface area contributed by atoms with Crippen molar-refractivity contribution in [2.45, 2.75) is 13.3 Å². The van der Waals surface area contributed by atoms with Crippen molar-refractivity contribution >= 4 is 27.7 Å². The lowest BCUT2D eigenvalue weighted by molar-refractivity contribution is -0.119. The first-order valence-electron chi connectivity index (χ1n) is 5.30. The van der Waals surface area contributed by atoms with E-state index in [0.29, 0.717) is 5.82 Å². The number of carbonyl (C=O) groups excluding carboxylic acids is 1. The van der Waals surface area contributed by atoms with E-state index in [9.17, 15) is 4.79 Å². The van der Waals surface area contributed by atoms with Gasteiger partial charge in [0, 0.05) is 17.2 Å². The van der Waals surface area contributed by atoms with Gasteiger partial charge in [0.25, 0.3) is 0 Å². The first kappa shape index (κ1) is 11.5. The topological polar surface area (TPSA) is 54.0 Å². The number of aryl methyl sites for hydroxylation is 1. The molecule has 1 unspecified atom stereocenters. The fraction of sp³-hybridized carbons (Fsp3) is 0.455. The zero-order chi connectivity index (χ0) is 11.5. The number of hydrogen-bond acceptors (Lipinski definition) is 3. The second kappa shape index (κ2) is 4.93. The molecule has 16 heavy (non-hydrogen) atoms. The Labute approximate surface area is 103 Å². The van der Waals surface area contributed by atoms with E-state index in [1.807, 2.05) is 13.0 Å². The lowest BCUT2D eigenvalue weighted by atomic mass is 10.1. The first-order valence-corrected chi connectivity index (χ1v) is 6.10. The second-order valence-corrected chi connectivity index (χ2v) is 4.85. The molecule has 1 aliphatic rings. The third-order valence-corrected chi connectivity index (χ3v) is 3.56. The summed E-state index contributed by atoms with van der Waals surface area (Å²) < 4.78 is 0.952. The van der Waals surface area contributed by atoms with Gasteiger partial charge >= 0.3 is 0 Å². The number of rotatable bonds is 2. The maximum atomic E-state index is 11.8. The number of halogens is 1. The molecule has 1 saturated heterocycles. The molecular formula is C11H14BrN3O. The SMILES string of the molecule is Cc1cc(NC(=O)C2CCNC2)ncc1Br. The number of carbonyl (C=O) groups is 1. The Morgan fingerprint density at radius 1 is 1.69 bits per heavy atom. The maximum Gasteiger partial charge on any atom is 0.229 e. The summed E-state index contributed by atoms with van der Waals surface area (Å²) in [6, 6.07) is 1.87. The fourth-order valence-corrected chi connectivity index (χ4v) is 1.93. The van der Waals surface area contributed by atoms with E-state index in [1.165, 1.54) is 0 Å². The van der Waals surface area contributed by atoms with Crippen LogP contribution in [0.25, 0.3) is 0 Å². The fourth-order valence-electron chi connectivity index (χ4n) is 1.71. The van der Waals surface area contributed by atoms with Crippen LogP contribution in [-0.4, -0.2) is 24.0 Å². The molecule has 2 heterocycles. The van der Waals surface area contributed by atoms with Gasteiger partial charge in [0.1, 0.15) is 5.82 Å². The Kier molecular flexibility index (Phi) is 3.56. The van der Waals surface area contributed by atoms with Gasteiger partial charge in [0.05, 0.1) is 5.92 Å². The number of amides is 1. The van der Waals surface area contributed by atoms with E-state index in [1.54, 1.807) is 6.20 Å². The number of anilines is 1. The minimum absolute atomic E-state index is 0.0548. The lowest BCUT2D eigenvalue weighted by Gasteiger charge is -2.09. The normalized spacial score (nSPS) is 19.8. The Bertz CT molecular complexity index is 402. The molecule has 0 radical (unpaired) electrons. The Balaban J connectivity index is 2.02. The molecule has 0 aliphatic carbocycles. The van der Waals surface area contributed by atoms with Gasteiger partial charge in [0.2, 0.25) is 5.91 Å². The number of aromatic nitrogens is 1. The molecule has 1 aromatic rings. The number of nitrogens with one attached hydrogen (secondary N) is 2. The van der Waals surface area contributed by atoms with Crippen molar-refractivity contribution in [3.8, 4) is 0 Å². The van der Waals surface area contributed by atoms with Gasteiger partial charge in [-0.2, -0.15) is 0 Å². The zero-order valence-corrected chi connectivity index (χ0v) is 10.7. The smallest absolute Gasteiger partial charge is 0.229 e. The molecule has 1 atom stereocenters. The highest BCUT2D eigenvalue weighted by Gasteiger charge is 2.22. The lowest BCUT2D eigenvalue weighted by Crippen LogP contribution is -2.25. The average Bonchev–Trinajstić information content (AvgIpc) is 2.77. The highest BCUT2D eigenvalue weighted by molar-refractivity contribution is 9.10. The molecule has 0 saturated carbocycles. The summed E-state index contributed by atoms with van der Waals surface area (Å²) in [5.74, 6) is 0.752. The van der Waals surface area contributed by atoms with E-state index in [-0.39, 0.29) is 11.8 Å². The van der Waals surface area contributed by atoms with Crippen LogP contribution in [0, 0.1) is 12.8 Å². The number of pyridine rings is 1. The zero-order valence-electron chi connectivity index (χ0n) is 9.09. The van der Waals surface area contributed by atoms with Crippen LogP contribution in [0.1, 0.15) is 12.0 Å². The van der Waals surface area contributed by atoms with Crippen molar-refractivity contribution in [1.82, 2.24) is 10.3 Å². The van der Waals surface area contributed by atoms with E-state index in [2.05, 4.69) is 31.5 Å². The average molecular weight is 284 g/mol. The summed E-state index contributed by atoms with van der Waals surface area (Å²) in [6.45, 7) is 3.66. The van der Waals surface area contributed by atoms with Crippen LogP contribution in [0.3, 0.4) is 0 Å². The van der Waals surface area contributed by atoms with Gasteiger partial charge in [-0.3, -0.25) is 4.79 Å². The standard InChI is InChI=1S/C11H14BrN3O/c1-7-4-10(14-6-9(7)12)15-11(16)8-2-3-13-5-8/h4,6,8,13H,2-3,5H2,1H3,(H,14,15,16). The van der Waals surface area contributed by atoms with Crippen molar-refractivity contribution in [3.63, 3.8) is 0 Å². The molecular weight excluding hydrogens is 270 g/mol. The van der Waals surface area contributed by atoms with Crippen LogP contribution < -0.4 is 10.6 Å². The largest absolute Gasteiger partial charge is 0.316 e. The van der Waals surface area contributed by atoms with E-state index >= 15 is 0 Å². The second-order valence-electron chi connectivity index (χ2n) is 4.00. The summed E-state index contributed by atoms with van der Waals surface area (Å²) in [4.78, 5) is 16.0. The van der Waals surface area contributed by atoms with Gasteiger partial charge in [-0.25, -0.2) is 4.98 Å². The van der Waals surface area contributed by atoms with Gasteiger partial charge < -0.3 is 10.6 Å². The van der Waals surface area contributed by atoms with Crippen LogP contribution >= 0.6 is 15.9 Å². The van der Waals surface area contributed by atoms with Crippen LogP contribution in [0.15, 0.2) is 16.7 Å². The summed E-state index contributed by atoms with van der Waals surface area (Å²) in [5, 5.41) is 6.01. The van der Waals surface area contributed by atoms with Crippen LogP contribution in [0.2, 0.25) is 0 Å². The van der Waals surface area contributed by atoms with Gasteiger partial charge in [-0.05, 0) is 47.4 Å². The number of hydrogen-bond donors (Lipinski definition) is 2. The number of nitrogens with zero attached hydrogens (tertiary/aromatic N) is 1. The highest BCUT2D eigenvalue weighted by Crippen LogP contribution is 2.18. The minimum Gasteiger partial charge on any atom is -0.316 e. The summed E-state index contributed by atoms with van der Waals surface area (Å²) in [7, 11) is 0. The molecule has 0 aromatic carbocycles. The summed E-state index contributed by atoms with van der Waals surface area (Å²) in [5.41, 5.74) is 1.06. The van der Waals surface area contributed by atoms with Gasteiger partial charge in [-0.15, -0.1) is 0 Å². The van der Waals surface area contributed by atoms with Gasteiger partial charge in [-0.1, -0.05) is 0 Å². The quantitative estimate of drug-likeness (QED) is 0.869. The molecule has 1 aliphatic heterocycles. The van der Waals surface area contributed by atoms with Crippen molar-refractivity contribution in [2.75, 3.05) is 18.4 Å². The first-order chi connectivity index (χ1) is 7.66. The maximum absolute atomic E-state index is 11.8. The molecule has 1 amide bonds. The summed E-state index contributed by atoms with van der Waals surface area (Å²) >= 11 is 3.38. The summed E-state index contributed by atoms with van der Waals surface area (Å²) in [6.07, 6.45) is 2.61. The molecule has 5 heteroatoms. The molecule has 1 fully saturated rings. The third-order valence-electron chi connectivity index (χ3n) is 2.73. The Hall–Kier alpha value is -0.940. The van der Waals surface area contributed by atoms with E-state index < -0.39 is 0 Å². The Morgan fingerprint density at radius 3 is 3.12 bits per heavy atom. The monoisotopic (exact) mass is 283 g/mol. The van der Waals surface area contributed by atoms with Crippen LogP contribution in [0.4, 0.5) is 5.82 Å². The molecule has 2 rings (SSSR count). The molecule has 86 valence electrons. The van der Waals surface area contributed by atoms with Gasteiger partial charge in [0.15, 0.2) is 0 Å². The van der Waals surface area contributed by atoms with Crippen LogP contribution in [-0.2, 0) is 4.79 Å². The molecule has 0 spiro atoms. The van der Waals surface area contributed by atoms with Crippen molar-refractivity contribution in [1.29, 1.82) is 0 Å². The third kappa shape index (κ3) is 2.59. The van der Waals surface area contributed by atoms with Crippen molar-refractivity contribution in [3.05, 3.63) is 22.3 Å². The van der Waals surface area contributed by atoms with E-state index in [4.69, 9.17) is 0 Å². The molecule has 4 nitrogen and oxygen atoms in total. The highest BCUT2D eigenvalue weighted by atomic mass is 79.9. The van der Waals surface area contributed by atoms with Crippen LogP contribution in [0.5, 0.6) is 0 Å². The Morgan fingerprint density at radius 2 is 2.50 bits per heavy atom.